The number of rotatable bonds is 5. The summed E-state index contributed by atoms with van der Waals surface area (Å²) in [5.41, 5.74) is -1.85. The van der Waals surface area contributed by atoms with Gasteiger partial charge in [-0.1, -0.05) is 13.3 Å². The lowest BCUT2D eigenvalue weighted by atomic mass is 9.75. The van der Waals surface area contributed by atoms with Crippen LogP contribution < -0.4 is 10.6 Å². The van der Waals surface area contributed by atoms with Crippen molar-refractivity contribution in [2.24, 2.45) is 11.8 Å². The van der Waals surface area contributed by atoms with Gasteiger partial charge in [0.15, 0.2) is 0 Å². The molecule has 7 heteroatoms. The molecule has 160 valence electrons. The molecule has 1 saturated carbocycles. The van der Waals surface area contributed by atoms with E-state index in [1.807, 2.05) is 20.8 Å². The minimum Gasteiger partial charge on any atom is -0.403 e. The van der Waals surface area contributed by atoms with Crippen molar-refractivity contribution in [3.63, 3.8) is 0 Å². The standard InChI is InChI=1S/C21H39BN2O4/c1-14-16(11-13-22-27-19(6,7)20(8,9)28-22)10-12-21(14,23-15(2)25)17(26)24-18(3,4)5/h14,16H,10-13H2,1-9H3,(H,23,25)(H,24,26). The molecule has 2 N–H and O–H groups in total. The van der Waals surface area contributed by atoms with Gasteiger partial charge >= 0.3 is 7.12 Å². The van der Waals surface area contributed by atoms with E-state index in [0.717, 1.165) is 19.2 Å². The van der Waals surface area contributed by atoms with E-state index >= 15 is 0 Å². The Kier molecular flexibility index (Phi) is 6.33. The average molecular weight is 394 g/mol. The number of hydrogen-bond acceptors (Lipinski definition) is 4. The van der Waals surface area contributed by atoms with E-state index in [0.29, 0.717) is 12.3 Å². The minimum atomic E-state index is -0.848. The van der Waals surface area contributed by atoms with Crippen LogP contribution in [-0.4, -0.2) is 41.2 Å². The summed E-state index contributed by atoms with van der Waals surface area (Å²) in [6, 6.07) is 0. The zero-order chi connectivity index (χ0) is 21.5. The molecule has 0 aromatic rings. The van der Waals surface area contributed by atoms with Crippen LogP contribution in [0.15, 0.2) is 0 Å². The number of carbonyl (C=O) groups is 2. The third kappa shape index (κ3) is 4.73. The first-order valence-electron chi connectivity index (χ1n) is 10.6. The summed E-state index contributed by atoms with van der Waals surface area (Å²) in [6.07, 6.45) is 3.25. The molecule has 2 amide bonds. The highest BCUT2D eigenvalue weighted by molar-refractivity contribution is 6.45. The predicted molar refractivity (Wildman–Crippen MR) is 112 cm³/mol. The van der Waals surface area contributed by atoms with Crippen molar-refractivity contribution in [1.82, 2.24) is 10.6 Å². The number of amides is 2. The molecule has 2 fully saturated rings. The van der Waals surface area contributed by atoms with Gasteiger partial charge in [0.05, 0.1) is 11.2 Å². The van der Waals surface area contributed by atoms with Crippen molar-refractivity contribution in [2.75, 3.05) is 0 Å². The Morgan fingerprint density at radius 3 is 2.11 bits per heavy atom. The summed E-state index contributed by atoms with van der Waals surface area (Å²) < 4.78 is 12.2. The highest BCUT2D eigenvalue weighted by Gasteiger charge is 2.54. The molecule has 0 bridgehead atoms. The highest BCUT2D eigenvalue weighted by Crippen LogP contribution is 2.45. The predicted octanol–water partition coefficient (Wildman–Crippen LogP) is 3.30. The van der Waals surface area contributed by atoms with Crippen LogP contribution in [0.1, 0.15) is 81.6 Å². The molecule has 0 radical (unpaired) electrons. The summed E-state index contributed by atoms with van der Waals surface area (Å²) in [4.78, 5) is 25.0. The topological polar surface area (TPSA) is 76.7 Å². The van der Waals surface area contributed by atoms with Crippen molar-refractivity contribution in [2.45, 2.75) is 110 Å². The molecule has 1 heterocycles. The largest absolute Gasteiger partial charge is 0.457 e. The summed E-state index contributed by atoms with van der Waals surface area (Å²) >= 11 is 0. The molecule has 1 aliphatic carbocycles. The molecule has 2 aliphatic rings. The zero-order valence-corrected chi connectivity index (χ0v) is 19.2. The van der Waals surface area contributed by atoms with Gasteiger partial charge in [0.2, 0.25) is 11.8 Å². The summed E-state index contributed by atoms with van der Waals surface area (Å²) in [5.74, 6) is 0.126. The maximum Gasteiger partial charge on any atom is 0.457 e. The molecular formula is C21H39BN2O4. The van der Waals surface area contributed by atoms with Crippen LogP contribution in [0.2, 0.25) is 6.32 Å². The van der Waals surface area contributed by atoms with Crippen LogP contribution in [0.5, 0.6) is 0 Å². The Hall–Kier alpha value is -1.08. The van der Waals surface area contributed by atoms with Crippen molar-refractivity contribution in [3.8, 4) is 0 Å². The molecule has 3 atom stereocenters. The Morgan fingerprint density at radius 2 is 1.64 bits per heavy atom. The van der Waals surface area contributed by atoms with Gasteiger partial charge in [-0.15, -0.1) is 0 Å². The molecule has 1 aliphatic heterocycles. The first-order chi connectivity index (χ1) is 12.6. The molecule has 0 spiro atoms. The van der Waals surface area contributed by atoms with Gasteiger partial charge in [-0.25, -0.2) is 0 Å². The molecule has 28 heavy (non-hydrogen) atoms. The summed E-state index contributed by atoms with van der Waals surface area (Å²) in [6.45, 7) is 17.7. The molecule has 1 saturated heterocycles. The summed E-state index contributed by atoms with van der Waals surface area (Å²) in [7, 11) is -0.226. The lowest BCUT2D eigenvalue weighted by Crippen LogP contribution is -2.63. The van der Waals surface area contributed by atoms with Crippen LogP contribution >= 0.6 is 0 Å². The van der Waals surface area contributed by atoms with Gasteiger partial charge in [0, 0.05) is 12.5 Å². The van der Waals surface area contributed by atoms with Gasteiger partial charge in [-0.3, -0.25) is 9.59 Å². The monoisotopic (exact) mass is 394 g/mol. The molecule has 0 aromatic heterocycles. The molecular weight excluding hydrogens is 355 g/mol. The molecule has 2 rings (SSSR count). The molecule has 6 nitrogen and oxygen atoms in total. The quantitative estimate of drug-likeness (QED) is 0.702. The first kappa shape index (κ1) is 23.2. The van der Waals surface area contributed by atoms with Crippen LogP contribution in [0.3, 0.4) is 0 Å². The fraction of sp³-hybridized carbons (Fsp3) is 0.905. The van der Waals surface area contributed by atoms with Crippen LogP contribution in [0.4, 0.5) is 0 Å². The number of nitrogens with one attached hydrogen (secondary N) is 2. The van der Waals surface area contributed by atoms with Crippen LogP contribution in [-0.2, 0) is 18.9 Å². The van der Waals surface area contributed by atoms with E-state index in [2.05, 4.69) is 45.3 Å². The summed E-state index contributed by atoms with van der Waals surface area (Å²) in [5, 5.41) is 6.07. The number of carbonyl (C=O) groups excluding carboxylic acids is 2. The molecule has 0 aromatic carbocycles. The van der Waals surface area contributed by atoms with Gasteiger partial charge in [-0.2, -0.15) is 0 Å². The van der Waals surface area contributed by atoms with E-state index in [9.17, 15) is 9.59 Å². The Labute approximate surface area is 171 Å². The van der Waals surface area contributed by atoms with Crippen molar-refractivity contribution >= 4 is 18.9 Å². The average Bonchev–Trinajstić information content (AvgIpc) is 2.90. The van der Waals surface area contributed by atoms with E-state index in [-0.39, 0.29) is 41.6 Å². The maximum absolute atomic E-state index is 13.1. The van der Waals surface area contributed by atoms with Gasteiger partial charge in [0.1, 0.15) is 5.54 Å². The van der Waals surface area contributed by atoms with Crippen molar-refractivity contribution in [3.05, 3.63) is 0 Å². The SMILES string of the molecule is CC(=O)NC1(C(=O)NC(C)(C)C)CCC(CCB2OC(C)(C)C(C)(C)O2)C1C. The third-order valence-corrected chi connectivity index (χ3v) is 6.76. The smallest absolute Gasteiger partial charge is 0.403 e. The fourth-order valence-electron chi connectivity index (χ4n) is 4.44. The Bertz CT molecular complexity index is 598. The van der Waals surface area contributed by atoms with Crippen molar-refractivity contribution in [1.29, 1.82) is 0 Å². The van der Waals surface area contributed by atoms with Crippen molar-refractivity contribution < 1.29 is 18.9 Å². The third-order valence-electron chi connectivity index (χ3n) is 6.76. The van der Waals surface area contributed by atoms with E-state index < -0.39 is 5.54 Å². The van der Waals surface area contributed by atoms with Gasteiger partial charge in [0.25, 0.3) is 0 Å². The second-order valence-corrected chi connectivity index (χ2v) is 10.7. The Balaban J connectivity index is 2.07. The highest BCUT2D eigenvalue weighted by atomic mass is 16.7. The second kappa shape index (κ2) is 7.64. The van der Waals surface area contributed by atoms with E-state index in [4.69, 9.17) is 9.31 Å². The first-order valence-corrected chi connectivity index (χ1v) is 10.6. The number of hydrogen-bond donors (Lipinski definition) is 2. The normalized spacial score (nSPS) is 31.7. The zero-order valence-electron chi connectivity index (χ0n) is 19.2. The minimum absolute atomic E-state index is 0.0428. The maximum atomic E-state index is 13.1. The lowest BCUT2D eigenvalue weighted by Gasteiger charge is -2.37. The Morgan fingerprint density at radius 1 is 1.11 bits per heavy atom. The lowest BCUT2D eigenvalue weighted by molar-refractivity contribution is -0.135. The second-order valence-electron chi connectivity index (χ2n) is 10.7. The fourth-order valence-corrected chi connectivity index (χ4v) is 4.44. The van der Waals surface area contributed by atoms with Crippen LogP contribution in [0.25, 0.3) is 0 Å². The van der Waals surface area contributed by atoms with Gasteiger partial charge in [-0.05, 0) is 79.5 Å². The van der Waals surface area contributed by atoms with Crippen LogP contribution in [0, 0.1) is 11.8 Å². The molecule has 3 unspecified atom stereocenters. The van der Waals surface area contributed by atoms with E-state index in [1.165, 1.54) is 6.92 Å². The van der Waals surface area contributed by atoms with Gasteiger partial charge < -0.3 is 19.9 Å². The van der Waals surface area contributed by atoms with E-state index in [1.54, 1.807) is 0 Å².